The van der Waals surface area contributed by atoms with E-state index in [4.69, 9.17) is 5.73 Å². The van der Waals surface area contributed by atoms with E-state index < -0.39 is 6.04 Å². The smallest absolute Gasteiger partial charge is 0.255 e. The first-order chi connectivity index (χ1) is 12.5. The number of nitrogens with two attached hydrogens (primary N) is 1. The van der Waals surface area contributed by atoms with Gasteiger partial charge in [-0.15, -0.1) is 0 Å². The molecule has 3 aliphatic rings. The first-order valence-corrected chi connectivity index (χ1v) is 9.21. The molecule has 26 heavy (non-hydrogen) atoms. The maximum absolute atomic E-state index is 12.8. The Morgan fingerprint density at radius 3 is 2.77 bits per heavy atom. The SMILES string of the molecule is NC1(CNCc2ccc3c(c2)C(=O)N(C2CCC(=O)NC2=O)C3)CCC1. The lowest BCUT2D eigenvalue weighted by atomic mass is 9.78. The van der Waals surface area contributed by atoms with E-state index in [0.29, 0.717) is 25.1 Å². The second kappa shape index (κ2) is 6.48. The van der Waals surface area contributed by atoms with Crippen LogP contribution in [0.15, 0.2) is 18.2 Å². The number of imide groups is 1. The average Bonchev–Trinajstić information content (AvgIpc) is 2.90. The van der Waals surface area contributed by atoms with Gasteiger partial charge >= 0.3 is 0 Å². The van der Waals surface area contributed by atoms with Gasteiger partial charge in [0.15, 0.2) is 0 Å². The fourth-order valence-electron chi connectivity index (χ4n) is 3.98. The third kappa shape index (κ3) is 3.12. The quantitative estimate of drug-likeness (QED) is 0.663. The number of nitrogens with one attached hydrogen (secondary N) is 2. The van der Waals surface area contributed by atoms with E-state index in [2.05, 4.69) is 10.6 Å². The molecule has 7 nitrogen and oxygen atoms in total. The molecule has 1 atom stereocenters. The monoisotopic (exact) mass is 356 g/mol. The summed E-state index contributed by atoms with van der Waals surface area (Å²) in [6, 6.07) is 5.31. The molecule has 3 amide bonds. The van der Waals surface area contributed by atoms with E-state index in [1.807, 2.05) is 18.2 Å². The van der Waals surface area contributed by atoms with Gasteiger partial charge < -0.3 is 16.0 Å². The number of nitrogens with zero attached hydrogens (tertiary/aromatic N) is 1. The molecule has 1 aromatic rings. The summed E-state index contributed by atoms with van der Waals surface area (Å²) < 4.78 is 0. The fourth-order valence-corrected chi connectivity index (χ4v) is 3.98. The molecule has 138 valence electrons. The van der Waals surface area contributed by atoms with E-state index in [9.17, 15) is 14.4 Å². The maximum atomic E-state index is 12.8. The van der Waals surface area contributed by atoms with Crippen LogP contribution in [0.25, 0.3) is 0 Å². The van der Waals surface area contributed by atoms with Gasteiger partial charge in [0.2, 0.25) is 11.8 Å². The van der Waals surface area contributed by atoms with Crippen molar-refractivity contribution in [3.63, 3.8) is 0 Å². The second-order valence-electron chi connectivity index (χ2n) is 7.71. The molecule has 7 heteroatoms. The van der Waals surface area contributed by atoms with Crippen molar-refractivity contribution in [2.45, 2.75) is 56.8 Å². The lowest BCUT2D eigenvalue weighted by Crippen LogP contribution is -2.53. The maximum Gasteiger partial charge on any atom is 0.255 e. The molecule has 0 radical (unpaired) electrons. The molecule has 1 saturated heterocycles. The van der Waals surface area contributed by atoms with Gasteiger partial charge in [-0.1, -0.05) is 12.1 Å². The molecule has 1 saturated carbocycles. The Labute approximate surface area is 152 Å². The first-order valence-electron chi connectivity index (χ1n) is 9.21. The van der Waals surface area contributed by atoms with Gasteiger partial charge in [0, 0.05) is 37.2 Å². The molecule has 1 aliphatic carbocycles. The van der Waals surface area contributed by atoms with Crippen molar-refractivity contribution in [3.8, 4) is 0 Å². The van der Waals surface area contributed by atoms with Crippen LogP contribution in [0.3, 0.4) is 0 Å². The van der Waals surface area contributed by atoms with Gasteiger partial charge in [-0.25, -0.2) is 0 Å². The Bertz CT molecular complexity index is 772. The lowest BCUT2D eigenvalue weighted by Gasteiger charge is -2.38. The Balaban J connectivity index is 1.42. The molecule has 1 unspecified atom stereocenters. The summed E-state index contributed by atoms with van der Waals surface area (Å²) in [7, 11) is 0. The number of hydrogen-bond acceptors (Lipinski definition) is 5. The van der Waals surface area contributed by atoms with Gasteiger partial charge in [0.25, 0.3) is 5.91 Å². The van der Waals surface area contributed by atoms with Crippen molar-refractivity contribution in [1.29, 1.82) is 0 Å². The highest BCUT2D eigenvalue weighted by Gasteiger charge is 2.39. The minimum absolute atomic E-state index is 0.0743. The second-order valence-corrected chi connectivity index (χ2v) is 7.71. The van der Waals surface area contributed by atoms with Gasteiger partial charge in [-0.3, -0.25) is 19.7 Å². The number of fused-ring (bicyclic) bond motifs is 1. The van der Waals surface area contributed by atoms with Crippen LogP contribution < -0.4 is 16.4 Å². The summed E-state index contributed by atoms with van der Waals surface area (Å²) >= 11 is 0. The molecule has 4 N–H and O–H groups in total. The first kappa shape index (κ1) is 17.2. The normalized spacial score (nSPS) is 24.3. The van der Waals surface area contributed by atoms with Crippen molar-refractivity contribution in [2.75, 3.05) is 6.54 Å². The minimum atomic E-state index is -0.565. The largest absolute Gasteiger partial charge is 0.324 e. The summed E-state index contributed by atoms with van der Waals surface area (Å²) in [4.78, 5) is 37.8. The predicted octanol–water partition coefficient (Wildman–Crippen LogP) is 0.419. The van der Waals surface area contributed by atoms with E-state index >= 15 is 0 Å². The number of rotatable bonds is 5. The van der Waals surface area contributed by atoms with E-state index in [-0.39, 0.29) is 29.7 Å². The van der Waals surface area contributed by atoms with Gasteiger partial charge in [-0.05, 0) is 42.9 Å². The van der Waals surface area contributed by atoms with Gasteiger partial charge in [0.1, 0.15) is 6.04 Å². The number of carbonyl (C=O) groups is 3. The molecular formula is C19H24N4O3. The average molecular weight is 356 g/mol. The highest BCUT2D eigenvalue weighted by molar-refractivity contribution is 6.05. The summed E-state index contributed by atoms with van der Waals surface area (Å²) in [5.41, 5.74) is 8.76. The third-order valence-corrected chi connectivity index (χ3v) is 5.75. The van der Waals surface area contributed by atoms with Crippen LogP contribution in [0.5, 0.6) is 0 Å². The van der Waals surface area contributed by atoms with Crippen LogP contribution in [-0.4, -0.2) is 40.7 Å². The molecule has 0 spiro atoms. The summed E-state index contributed by atoms with van der Waals surface area (Å²) in [5, 5.41) is 5.71. The minimum Gasteiger partial charge on any atom is -0.324 e. The van der Waals surface area contributed by atoms with Gasteiger partial charge in [0.05, 0.1) is 0 Å². The summed E-state index contributed by atoms with van der Waals surface area (Å²) in [5.74, 6) is -0.781. The molecule has 1 aromatic carbocycles. The fraction of sp³-hybridized carbons (Fsp3) is 0.526. The summed E-state index contributed by atoms with van der Waals surface area (Å²) in [6.45, 7) is 1.86. The number of amides is 3. The topological polar surface area (TPSA) is 105 Å². The van der Waals surface area contributed by atoms with Crippen LogP contribution >= 0.6 is 0 Å². The zero-order chi connectivity index (χ0) is 18.3. The highest BCUT2D eigenvalue weighted by atomic mass is 16.2. The Morgan fingerprint density at radius 1 is 1.27 bits per heavy atom. The Hall–Kier alpha value is -2.25. The van der Waals surface area contributed by atoms with Crippen LogP contribution in [0.4, 0.5) is 0 Å². The molecule has 0 bridgehead atoms. The zero-order valence-corrected chi connectivity index (χ0v) is 14.7. The number of piperidine rings is 1. The number of hydrogen-bond donors (Lipinski definition) is 3. The predicted molar refractivity (Wildman–Crippen MR) is 95.0 cm³/mol. The van der Waals surface area contributed by atoms with Crippen LogP contribution in [0.1, 0.15) is 53.6 Å². The third-order valence-electron chi connectivity index (χ3n) is 5.75. The Morgan fingerprint density at radius 2 is 2.08 bits per heavy atom. The zero-order valence-electron chi connectivity index (χ0n) is 14.7. The molecular weight excluding hydrogens is 332 g/mol. The summed E-state index contributed by atoms with van der Waals surface area (Å²) in [6.07, 6.45) is 3.97. The van der Waals surface area contributed by atoms with Gasteiger partial charge in [-0.2, -0.15) is 0 Å². The van der Waals surface area contributed by atoms with Crippen molar-refractivity contribution in [3.05, 3.63) is 34.9 Å². The van der Waals surface area contributed by atoms with E-state index in [1.165, 1.54) is 6.42 Å². The molecule has 0 aromatic heterocycles. The molecule has 4 rings (SSSR count). The van der Waals surface area contributed by atoms with Crippen molar-refractivity contribution in [1.82, 2.24) is 15.5 Å². The van der Waals surface area contributed by atoms with Crippen LogP contribution in [-0.2, 0) is 22.7 Å². The molecule has 2 fully saturated rings. The lowest BCUT2D eigenvalue weighted by molar-refractivity contribution is -0.136. The Kier molecular flexibility index (Phi) is 4.28. The standard InChI is InChI=1S/C19H24N4O3/c20-19(6-1-7-19)11-21-9-12-2-3-13-10-23(18(26)14(13)8-12)15-4-5-16(24)22-17(15)25/h2-3,8,15,21H,1,4-7,9-11,20H2,(H,22,24,25). The number of benzene rings is 1. The van der Waals surface area contributed by atoms with Crippen molar-refractivity contribution < 1.29 is 14.4 Å². The number of carbonyl (C=O) groups excluding carboxylic acids is 3. The molecule has 2 heterocycles. The van der Waals surface area contributed by atoms with E-state index in [0.717, 1.165) is 30.5 Å². The van der Waals surface area contributed by atoms with E-state index in [1.54, 1.807) is 4.90 Å². The van der Waals surface area contributed by atoms with Crippen molar-refractivity contribution >= 4 is 17.7 Å². The van der Waals surface area contributed by atoms with Crippen LogP contribution in [0, 0.1) is 0 Å². The molecule has 2 aliphatic heterocycles. The highest BCUT2D eigenvalue weighted by Crippen LogP contribution is 2.29. The van der Waals surface area contributed by atoms with Crippen LogP contribution in [0.2, 0.25) is 0 Å². The van der Waals surface area contributed by atoms with Crippen molar-refractivity contribution in [2.24, 2.45) is 5.73 Å².